The number of hydrogen-bond acceptors (Lipinski definition) is 6. The van der Waals surface area contributed by atoms with Gasteiger partial charge in [-0.05, 0) is 42.7 Å². The van der Waals surface area contributed by atoms with Gasteiger partial charge in [-0.3, -0.25) is 24.3 Å². The number of allylic oxidation sites excluding steroid dienone is 5. The van der Waals surface area contributed by atoms with Crippen molar-refractivity contribution in [2.45, 2.75) is 24.7 Å². The number of thioether (sulfide) groups is 1. The second-order valence-corrected chi connectivity index (χ2v) is 7.92. The summed E-state index contributed by atoms with van der Waals surface area (Å²) in [5.41, 5.74) is 1.51. The lowest BCUT2D eigenvalue weighted by Crippen LogP contribution is -2.24. The SMILES string of the molecule is Cn1c(COC2=CCC=C(CC3SC(=O)NC3=O)C=C2)nc2ccccc2c1=O. The van der Waals surface area contributed by atoms with Crippen molar-refractivity contribution in [2.24, 2.45) is 7.05 Å². The number of para-hydroxylation sites is 1. The number of aromatic nitrogens is 2. The molecule has 7 nitrogen and oxygen atoms in total. The summed E-state index contributed by atoms with van der Waals surface area (Å²) in [6, 6.07) is 7.23. The van der Waals surface area contributed by atoms with Crippen LogP contribution in [0, 0.1) is 0 Å². The van der Waals surface area contributed by atoms with Gasteiger partial charge in [0, 0.05) is 7.05 Å². The largest absolute Gasteiger partial charge is 0.486 e. The van der Waals surface area contributed by atoms with Crippen LogP contribution in [0.4, 0.5) is 4.79 Å². The normalized spacial score (nSPS) is 19.0. The fraction of sp³-hybridized carbons (Fsp3) is 0.238. The molecule has 2 aromatic rings. The Morgan fingerprint density at radius 2 is 2.03 bits per heavy atom. The molecule has 0 bridgehead atoms. The zero-order valence-corrected chi connectivity index (χ0v) is 16.6. The Hall–Kier alpha value is -3.13. The van der Waals surface area contributed by atoms with Crippen LogP contribution < -0.4 is 10.9 Å². The van der Waals surface area contributed by atoms with Gasteiger partial charge in [-0.15, -0.1) is 0 Å². The summed E-state index contributed by atoms with van der Waals surface area (Å²) in [6.07, 6.45) is 8.79. The second kappa shape index (κ2) is 8.08. The first-order chi connectivity index (χ1) is 14.0. The number of rotatable bonds is 5. The van der Waals surface area contributed by atoms with Gasteiger partial charge in [0.05, 0.1) is 16.2 Å². The quantitative estimate of drug-likeness (QED) is 0.817. The average Bonchev–Trinajstić information content (AvgIpc) is 2.89. The molecule has 1 N–H and O–H groups in total. The van der Waals surface area contributed by atoms with E-state index in [-0.39, 0.29) is 23.3 Å². The van der Waals surface area contributed by atoms with E-state index in [4.69, 9.17) is 4.74 Å². The summed E-state index contributed by atoms with van der Waals surface area (Å²) < 4.78 is 7.37. The van der Waals surface area contributed by atoms with Crippen LogP contribution in [-0.4, -0.2) is 25.9 Å². The number of benzene rings is 1. The molecule has 2 aliphatic rings. The molecule has 1 aromatic heterocycles. The topological polar surface area (TPSA) is 90.3 Å². The van der Waals surface area contributed by atoms with Gasteiger partial charge >= 0.3 is 0 Å². The standard InChI is InChI=1S/C21H19N3O4S/c1-24-18(22-16-8-3-2-7-15(16)20(24)26)12-28-14-6-4-5-13(9-10-14)11-17-19(25)23-21(27)29-17/h2-3,5-10,17H,4,11-12H2,1H3,(H,23,25,27). The molecule has 1 fully saturated rings. The Morgan fingerprint density at radius 1 is 1.21 bits per heavy atom. The number of carbonyl (C=O) groups excluding carboxylic acids is 2. The first kappa shape index (κ1) is 19.2. The van der Waals surface area contributed by atoms with E-state index < -0.39 is 5.25 Å². The summed E-state index contributed by atoms with van der Waals surface area (Å²) in [4.78, 5) is 40.1. The summed E-state index contributed by atoms with van der Waals surface area (Å²) in [6.45, 7) is 0.164. The maximum absolute atomic E-state index is 12.5. The van der Waals surface area contributed by atoms with Crippen LogP contribution in [0.2, 0.25) is 0 Å². The highest BCUT2D eigenvalue weighted by Gasteiger charge is 2.31. The molecule has 2 amide bonds. The van der Waals surface area contributed by atoms with Crippen molar-refractivity contribution in [1.82, 2.24) is 14.9 Å². The summed E-state index contributed by atoms with van der Waals surface area (Å²) in [5, 5.41) is 2.19. The Bertz CT molecular complexity index is 1150. The van der Waals surface area contributed by atoms with Gasteiger partial charge in [0.2, 0.25) is 5.91 Å². The summed E-state index contributed by atoms with van der Waals surface area (Å²) in [7, 11) is 1.68. The Morgan fingerprint density at radius 3 is 2.83 bits per heavy atom. The fourth-order valence-electron chi connectivity index (χ4n) is 3.19. The van der Waals surface area contributed by atoms with Gasteiger partial charge in [0.15, 0.2) is 0 Å². The molecular weight excluding hydrogens is 390 g/mol. The lowest BCUT2D eigenvalue weighted by molar-refractivity contribution is -0.118. The number of carbonyl (C=O) groups is 2. The Kier molecular flexibility index (Phi) is 5.35. The molecule has 8 heteroatoms. The number of fused-ring (bicyclic) bond motifs is 1. The number of imide groups is 1. The number of nitrogens with one attached hydrogen (secondary N) is 1. The van der Waals surface area contributed by atoms with Gasteiger partial charge < -0.3 is 4.74 Å². The van der Waals surface area contributed by atoms with E-state index >= 15 is 0 Å². The molecule has 1 aliphatic heterocycles. The summed E-state index contributed by atoms with van der Waals surface area (Å²) >= 11 is 1.02. The van der Waals surface area contributed by atoms with Gasteiger partial charge in [-0.25, -0.2) is 4.98 Å². The molecule has 1 unspecified atom stereocenters. The van der Waals surface area contributed by atoms with Crippen molar-refractivity contribution in [3.05, 3.63) is 76.1 Å². The molecular formula is C21H19N3O4S. The first-order valence-corrected chi connectivity index (χ1v) is 10.1. The van der Waals surface area contributed by atoms with Gasteiger partial charge in [-0.1, -0.05) is 36.0 Å². The van der Waals surface area contributed by atoms with Crippen molar-refractivity contribution in [3.8, 4) is 0 Å². The fourth-order valence-corrected chi connectivity index (χ4v) is 4.05. The zero-order valence-electron chi connectivity index (χ0n) is 15.8. The average molecular weight is 409 g/mol. The minimum atomic E-state index is -0.391. The summed E-state index contributed by atoms with van der Waals surface area (Å²) in [5.74, 6) is 0.961. The van der Waals surface area contributed by atoms with E-state index in [2.05, 4.69) is 10.3 Å². The predicted octanol–water partition coefficient (Wildman–Crippen LogP) is 2.96. The molecule has 1 aromatic carbocycles. The smallest absolute Gasteiger partial charge is 0.286 e. The minimum Gasteiger partial charge on any atom is -0.486 e. The van der Waals surface area contributed by atoms with E-state index in [1.54, 1.807) is 13.1 Å². The van der Waals surface area contributed by atoms with Crippen molar-refractivity contribution in [2.75, 3.05) is 0 Å². The number of nitrogens with zero attached hydrogens (tertiary/aromatic N) is 2. The van der Waals surface area contributed by atoms with Crippen molar-refractivity contribution in [3.63, 3.8) is 0 Å². The molecule has 1 aliphatic carbocycles. The van der Waals surface area contributed by atoms with Crippen LogP contribution in [0.3, 0.4) is 0 Å². The maximum atomic E-state index is 12.5. The van der Waals surface area contributed by atoms with Crippen LogP contribution in [-0.2, 0) is 23.2 Å². The number of hydrogen-bond donors (Lipinski definition) is 1. The van der Waals surface area contributed by atoms with Crippen molar-refractivity contribution >= 4 is 33.8 Å². The molecule has 29 heavy (non-hydrogen) atoms. The van der Waals surface area contributed by atoms with Crippen LogP contribution in [0.1, 0.15) is 18.7 Å². The Balaban J connectivity index is 1.42. The van der Waals surface area contributed by atoms with E-state index in [1.807, 2.05) is 42.5 Å². The van der Waals surface area contributed by atoms with Crippen LogP contribution in [0.25, 0.3) is 10.9 Å². The van der Waals surface area contributed by atoms with Crippen molar-refractivity contribution < 1.29 is 14.3 Å². The first-order valence-electron chi connectivity index (χ1n) is 9.17. The third kappa shape index (κ3) is 4.17. The lowest BCUT2D eigenvalue weighted by atomic mass is 10.1. The predicted molar refractivity (Wildman–Crippen MR) is 111 cm³/mol. The van der Waals surface area contributed by atoms with Crippen LogP contribution in [0.5, 0.6) is 0 Å². The molecule has 0 spiro atoms. The van der Waals surface area contributed by atoms with Crippen LogP contribution in [0.15, 0.2) is 64.7 Å². The molecule has 1 atom stereocenters. The highest BCUT2D eigenvalue weighted by Crippen LogP contribution is 2.27. The number of ether oxygens (including phenoxy) is 1. The molecule has 2 heterocycles. The molecule has 1 saturated heterocycles. The lowest BCUT2D eigenvalue weighted by Gasteiger charge is -2.11. The monoisotopic (exact) mass is 409 g/mol. The third-order valence-electron chi connectivity index (χ3n) is 4.79. The molecule has 0 radical (unpaired) electrons. The van der Waals surface area contributed by atoms with E-state index in [0.717, 1.165) is 17.3 Å². The van der Waals surface area contributed by atoms with E-state index in [0.29, 0.717) is 35.3 Å². The van der Waals surface area contributed by atoms with E-state index in [9.17, 15) is 14.4 Å². The highest BCUT2D eigenvalue weighted by molar-refractivity contribution is 8.15. The molecule has 4 rings (SSSR count). The Labute approximate surface area is 171 Å². The highest BCUT2D eigenvalue weighted by atomic mass is 32.2. The third-order valence-corrected chi connectivity index (χ3v) is 5.77. The van der Waals surface area contributed by atoms with Gasteiger partial charge in [-0.2, -0.15) is 0 Å². The zero-order chi connectivity index (χ0) is 20.4. The maximum Gasteiger partial charge on any atom is 0.286 e. The second-order valence-electron chi connectivity index (χ2n) is 6.74. The van der Waals surface area contributed by atoms with E-state index in [1.165, 1.54) is 4.57 Å². The van der Waals surface area contributed by atoms with Crippen LogP contribution >= 0.6 is 11.8 Å². The van der Waals surface area contributed by atoms with Crippen molar-refractivity contribution in [1.29, 1.82) is 0 Å². The molecule has 0 saturated carbocycles. The number of amides is 2. The molecule has 148 valence electrons. The van der Waals surface area contributed by atoms with Gasteiger partial charge in [0.25, 0.3) is 10.8 Å². The minimum absolute atomic E-state index is 0.106. The van der Waals surface area contributed by atoms with Gasteiger partial charge in [0.1, 0.15) is 18.2 Å².